The van der Waals surface area contributed by atoms with Gasteiger partial charge in [0, 0.05) is 18.5 Å². The molecule has 2 N–H and O–H groups in total. The smallest absolute Gasteiger partial charge is 0.306 e. The van der Waals surface area contributed by atoms with Gasteiger partial charge in [0.25, 0.3) is 5.91 Å². The van der Waals surface area contributed by atoms with Gasteiger partial charge in [-0.2, -0.15) is 0 Å². The van der Waals surface area contributed by atoms with Crippen molar-refractivity contribution in [2.45, 2.75) is 70.3 Å². The van der Waals surface area contributed by atoms with E-state index in [4.69, 9.17) is 9.84 Å². The van der Waals surface area contributed by atoms with E-state index in [2.05, 4.69) is 5.32 Å². The third-order valence-corrected chi connectivity index (χ3v) is 6.98. The fourth-order valence-electron chi connectivity index (χ4n) is 4.71. The van der Waals surface area contributed by atoms with Gasteiger partial charge in [-0.1, -0.05) is 6.07 Å². The van der Waals surface area contributed by atoms with Crippen LogP contribution in [0.3, 0.4) is 0 Å². The van der Waals surface area contributed by atoms with Crippen LogP contribution in [-0.4, -0.2) is 35.4 Å². The predicted molar refractivity (Wildman–Crippen MR) is 129 cm³/mol. The number of ether oxygens (including phenoxy) is 1. The lowest BCUT2D eigenvalue weighted by atomic mass is 9.87. The van der Waals surface area contributed by atoms with Crippen LogP contribution in [-0.2, 0) is 4.79 Å². The van der Waals surface area contributed by atoms with Gasteiger partial charge in [-0.15, -0.1) is 0 Å². The Morgan fingerprint density at radius 3 is 2.34 bits per heavy atom. The van der Waals surface area contributed by atoms with Crippen LogP contribution < -0.4 is 10.1 Å². The minimum atomic E-state index is -0.739. The summed E-state index contributed by atoms with van der Waals surface area (Å²) >= 11 is 0. The lowest BCUT2D eigenvalue weighted by Crippen LogP contribution is -2.27. The van der Waals surface area contributed by atoms with Crippen LogP contribution in [0.15, 0.2) is 36.4 Å². The molecule has 0 aliphatic heterocycles. The molecule has 0 heterocycles. The molecule has 2 aliphatic carbocycles. The minimum Gasteiger partial charge on any atom is -0.490 e. The van der Waals surface area contributed by atoms with Gasteiger partial charge in [0.05, 0.1) is 17.6 Å². The van der Waals surface area contributed by atoms with Crippen molar-refractivity contribution in [1.82, 2.24) is 5.32 Å². The van der Waals surface area contributed by atoms with Gasteiger partial charge >= 0.3 is 5.97 Å². The van der Waals surface area contributed by atoms with Crippen LogP contribution in [0.1, 0.15) is 89.1 Å². The summed E-state index contributed by atoms with van der Waals surface area (Å²) in [4.78, 5) is 36.1. The molecule has 4 rings (SSSR count). The zero-order valence-electron chi connectivity index (χ0n) is 20.0. The molecule has 6 nitrogen and oxygen atoms in total. The largest absolute Gasteiger partial charge is 0.490 e. The number of Topliss-reactive ketones (excluding diaryl/α,β-unsaturated/α-hetero) is 1. The Labute approximate surface area is 204 Å². The Balaban J connectivity index is 1.22. The van der Waals surface area contributed by atoms with Crippen LogP contribution in [0.25, 0.3) is 0 Å². The van der Waals surface area contributed by atoms with Gasteiger partial charge in [0.2, 0.25) is 0 Å². The quantitative estimate of drug-likeness (QED) is 0.349. The van der Waals surface area contributed by atoms with E-state index >= 15 is 0 Å². The van der Waals surface area contributed by atoms with Crippen LogP contribution in [0.5, 0.6) is 5.75 Å². The Hall–Kier alpha value is -3.22. The SMILES string of the molecule is Cc1cc(OC2CCC(C(=O)O)CC2)ccc1C(=O)CCCNC(=O)c1ccc(C2CC2)cc1F. The molecule has 0 aromatic heterocycles. The van der Waals surface area contributed by atoms with E-state index < -0.39 is 17.7 Å². The summed E-state index contributed by atoms with van der Waals surface area (Å²) < 4.78 is 20.3. The number of amides is 1. The van der Waals surface area contributed by atoms with Gasteiger partial charge in [0.1, 0.15) is 11.6 Å². The highest BCUT2D eigenvalue weighted by Gasteiger charge is 2.27. The second-order valence-corrected chi connectivity index (χ2v) is 9.70. The molecule has 35 heavy (non-hydrogen) atoms. The monoisotopic (exact) mass is 481 g/mol. The molecular formula is C28H32FNO5. The van der Waals surface area contributed by atoms with Crippen LogP contribution in [0.2, 0.25) is 0 Å². The van der Waals surface area contributed by atoms with Gasteiger partial charge in [-0.3, -0.25) is 14.4 Å². The second kappa shape index (κ2) is 11.0. The summed E-state index contributed by atoms with van der Waals surface area (Å²) in [6, 6.07) is 10.2. The zero-order valence-corrected chi connectivity index (χ0v) is 20.0. The molecule has 0 unspecified atom stereocenters. The Morgan fingerprint density at radius 1 is 1.00 bits per heavy atom. The molecule has 2 saturated carbocycles. The third kappa shape index (κ3) is 6.47. The van der Waals surface area contributed by atoms with E-state index in [-0.39, 0.29) is 36.3 Å². The minimum absolute atomic E-state index is 0.00934. The predicted octanol–water partition coefficient (Wildman–Crippen LogP) is 5.43. The van der Waals surface area contributed by atoms with Crippen molar-refractivity contribution < 1.29 is 28.6 Å². The third-order valence-electron chi connectivity index (χ3n) is 6.98. The summed E-state index contributed by atoms with van der Waals surface area (Å²) in [6.07, 6.45) is 5.50. The van der Waals surface area contributed by atoms with Crippen molar-refractivity contribution in [1.29, 1.82) is 0 Å². The number of hydrogen-bond donors (Lipinski definition) is 2. The molecule has 0 spiro atoms. The maximum absolute atomic E-state index is 14.3. The fourth-order valence-corrected chi connectivity index (χ4v) is 4.71. The van der Waals surface area contributed by atoms with Crippen molar-refractivity contribution in [2.75, 3.05) is 6.54 Å². The number of nitrogens with one attached hydrogen (secondary N) is 1. The molecule has 1 amide bonds. The van der Waals surface area contributed by atoms with E-state index in [1.54, 1.807) is 12.1 Å². The fraction of sp³-hybridized carbons (Fsp3) is 0.464. The Kier molecular flexibility index (Phi) is 7.83. The molecule has 186 valence electrons. The van der Waals surface area contributed by atoms with Crippen LogP contribution in [0, 0.1) is 18.7 Å². The maximum Gasteiger partial charge on any atom is 0.306 e. The van der Waals surface area contributed by atoms with Gasteiger partial charge < -0.3 is 15.2 Å². The molecule has 2 aliphatic rings. The summed E-state index contributed by atoms with van der Waals surface area (Å²) in [6.45, 7) is 2.14. The van der Waals surface area contributed by atoms with E-state index in [0.29, 0.717) is 49.3 Å². The maximum atomic E-state index is 14.3. The average molecular weight is 482 g/mol. The molecular weight excluding hydrogens is 449 g/mol. The standard InChI is InChI=1S/C28H32FNO5/c1-17-15-22(35-21-9-6-19(7-10-21)28(33)34)11-13-23(17)26(31)3-2-14-30-27(32)24-12-8-20(16-25(24)29)18-4-5-18/h8,11-13,15-16,18-19,21H,2-7,9-10,14H2,1H3,(H,30,32)(H,33,34). The number of carboxylic acids is 1. The molecule has 2 fully saturated rings. The van der Waals surface area contributed by atoms with Crippen LogP contribution in [0.4, 0.5) is 4.39 Å². The molecule has 0 atom stereocenters. The summed E-state index contributed by atoms with van der Waals surface area (Å²) in [5.74, 6) is -0.909. The number of ketones is 1. The normalized spacial score (nSPS) is 19.7. The highest BCUT2D eigenvalue weighted by Crippen LogP contribution is 2.40. The average Bonchev–Trinajstić information content (AvgIpc) is 3.67. The molecule has 2 aromatic rings. The number of carbonyl (C=O) groups is 3. The molecule has 7 heteroatoms. The van der Waals surface area contributed by atoms with Crippen molar-refractivity contribution >= 4 is 17.7 Å². The highest BCUT2D eigenvalue weighted by molar-refractivity contribution is 5.97. The number of carbonyl (C=O) groups excluding carboxylic acids is 2. The zero-order chi connectivity index (χ0) is 24.9. The number of halogens is 1. The summed E-state index contributed by atoms with van der Waals surface area (Å²) in [5, 5.41) is 11.8. The first-order valence-corrected chi connectivity index (χ1v) is 12.4. The number of aryl methyl sites for hydroxylation is 1. The number of rotatable bonds is 10. The Morgan fingerprint density at radius 2 is 1.71 bits per heavy atom. The molecule has 2 aromatic carbocycles. The van der Waals surface area contributed by atoms with Crippen molar-refractivity contribution in [2.24, 2.45) is 5.92 Å². The van der Waals surface area contributed by atoms with Gasteiger partial charge in [0.15, 0.2) is 5.78 Å². The number of carboxylic acid groups (broad SMARTS) is 1. The Bertz CT molecular complexity index is 1100. The van der Waals surface area contributed by atoms with E-state index in [1.165, 1.54) is 12.1 Å². The number of benzene rings is 2. The van der Waals surface area contributed by atoms with Crippen molar-refractivity contribution in [3.05, 3.63) is 64.5 Å². The van der Waals surface area contributed by atoms with E-state index in [1.807, 2.05) is 19.1 Å². The molecule has 0 radical (unpaired) electrons. The highest BCUT2D eigenvalue weighted by atomic mass is 19.1. The second-order valence-electron chi connectivity index (χ2n) is 9.70. The summed E-state index contributed by atoms with van der Waals surface area (Å²) in [5.41, 5.74) is 2.40. The van der Waals surface area contributed by atoms with Crippen LogP contribution >= 0.6 is 0 Å². The van der Waals surface area contributed by atoms with Crippen molar-refractivity contribution in [3.8, 4) is 5.75 Å². The molecule has 0 bridgehead atoms. The van der Waals surface area contributed by atoms with E-state index in [0.717, 1.165) is 24.0 Å². The molecule has 0 saturated heterocycles. The lowest BCUT2D eigenvalue weighted by molar-refractivity contribution is -0.143. The van der Waals surface area contributed by atoms with Gasteiger partial charge in [-0.05, 0) is 99.2 Å². The number of hydrogen-bond acceptors (Lipinski definition) is 4. The summed E-state index contributed by atoms with van der Waals surface area (Å²) in [7, 11) is 0. The van der Waals surface area contributed by atoms with Crippen molar-refractivity contribution in [3.63, 3.8) is 0 Å². The van der Waals surface area contributed by atoms with E-state index in [9.17, 15) is 18.8 Å². The first kappa shape index (κ1) is 24.9. The first-order chi connectivity index (χ1) is 16.8. The lowest BCUT2D eigenvalue weighted by Gasteiger charge is -2.27. The van der Waals surface area contributed by atoms with Gasteiger partial charge in [-0.25, -0.2) is 4.39 Å². The first-order valence-electron chi connectivity index (χ1n) is 12.4. The topological polar surface area (TPSA) is 92.7 Å². The number of aliphatic carboxylic acids is 1.